The van der Waals surface area contributed by atoms with Gasteiger partial charge in [0, 0.05) is 4.47 Å². The summed E-state index contributed by atoms with van der Waals surface area (Å²) in [5, 5.41) is 10.5. The predicted octanol–water partition coefficient (Wildman–Crippen LogP) is 4.86. The Morgan fingerprint density at radius 2 is 1.48 bits per heavy atom. The summed E-state index contributed by atoms with van der Waals surface area (Å²) in [6.07, 6.45) is -4.81. The second kappa shape index (κ2) is 5.42. The molecule has 1 N–H and O–H groups in total. The summed E-state index contributed by atoms with van der Waals surface area (Å²) in [5.74, 6) is -1.36. The molecule has 21 heavy (non-hydrogen) atoms. The Bertz CT molecular complexity index is 648. The van der Waals surface area contributed by atoms with Gasteiger partial charge in [0.15, 0.2) is 0 Å². The molecule has 0 spiro atoms. The maximum Gasteiger partial charge on any atom is 0.419 e. The Morgan fingerprint density at radius 3 is 2.00 bits per heavy atom. The summed E-state index contributed by atoms with van der Waals surface area (Å²) in [5.41, 5.74) is -2.67. The number of benzene rings is 2. The molecule has 0 aliphatic carbocycles. The van der Waals surface area contributed by atoms with Gasteiger partial charge in [-0.05, 0) is 42.3 Å². The van der Waals surface area contributed by atoms with Crippen LogP contribution in [0.3, 0.4) is 0 Å². The smallest absolute Gasteiger partial charge is 0.381 e. The van der Waals surface area contributed by atoms with E-state index in [2.05, 4.69) is 15.9 Å². The van der Waals surface area contributed by atoms with Crippen LogP contribution in [-0.2, 0) is 11.8 Å². The summed E-state index contributed by atoms with van der Waals surface area (Å²) in [6.45, 7) is 1.36. The molecule has 0 amide bonds. The number of aliphatic hydroxyl groups is 1. The molecule has 0 aliphatic heterocycles. The quantitative estimate of drug-likeness (QED) is 0.756. The third-order valence-electron chi connectivity index (χ3n) is 3.24. The molecule has 1 nitrogen and oxygen atoms in total. The molecule has 1 unspecified atom stereocenters. The number of halogens is 5. The van der Waals surface area contributed by atoms with E-state index in [9.17, 15) is 22.7 Å². The lowest BCUT2D eigenvalue weighted by molar-refractivity contribution is -0.140. The second-order valence-electron chi connectivity index (χ2n) is 4.77. The third-order valence-corrected chi connectivity index (χ3v) is 3.77. The monoisotopic (exact) mass is 362 g/mol. The number of hydrogen-bond donors (Lipinski definition) is 1. The second-order valence-corrected chi connectivity index (χ2v) is 5.69. The van der Waals surface area contributed by atoms with Crippen molar-refractivity contribution in [1.82, 2.24) is 0 Å². The molecule has 0 fully saturated rings. The van der Waals surface area contributed by atoms with Crippen LogP contribution in [0.1, 0.15) is 23.6 Å². The maximum atomic E-state index is 13.3. The molecule has 112 valence electrons. The van der Waals surface area contributed by atoms with Gasteiger partial charge in [-0.3, -0.25) is 0 Å². The van der Waals surface area contributed by atoms with Gasteiger partial charge in [0.05, 0.1) is 5.56 Å². The summed E-state index contributed by atoms with van der Waals surface area (Å²) in [7, 11) is 0. The van der Waals surface area contributed by atoms with Crippen LogP contribution in [-0.4, -0.2) is 5.11 Å². The minimum atomic E-state index is -4.81. The van der Waals surface area contributed by atoms with E-state index >= 15 is 0 Å². The molecule has 0 radical (unpaired) electrons. The minimum Gasteiger partial charge on any atom is -0.381 e. The van der Waals surface area contributed by atoms with Crippen LogP contribution in [0.5, 0.6) is 0 Å². The lowest BCUT2D eigenvalue weighted by Gasteiger charge is -2.25. The van der Waals surface area contributed by atoms with Crippen LogP contribution in [0.15, 0.2) is 46.9 Å². The normalized spacial score (nSPS) is 14.8. The molecule has 0 aromatic heterocycles. The molecule has 2 rings (SSSR count). The van der Waals surface area contributed by atoms with Gasteiger partial charge in [0.2, 0.25) is 0 Å². The van der Waals surface area contributed by atoms with Crippen LogP contribution in [0.2, 0.25) is 0 Å². The van der Waals surface area contributed by atoms with Crippen LogP contribution >= 0.6 is 15.9 Å². The number of rotatable bonds is 2. The zero-order valence-electron chi connectivity index (χ0n) is 10.9. The van der Waals surface area contributed by atoms with E-state index in [1.165, 1.54) is 6.92 Å². The fourth-order valence-corrected chi connectivity index (χ4v) is 2.25. The zero-order chi connectivity index (χ0) is 15.8. The number of alkyl halides is 3. The van der Waals surface area contributed by atoms with E-state index in [-0.39, 0.29) is 5.56 Å². The van der Waals surface area contributed by atoms with Gasteiger partial charge in [-0.2, -0.15) is 13.2 Å². The third kappa shape index (κ3) is 3.27. The fourth-order valence-electron chi connectivity index (χ4n) is 1.99. The standard InChI is InChI=1S/C15H11BrF4O/c1-14(21,9-2-5-11(16)6-3-9)10-4-7-13(17)12(8-10)15(18,19)20/h2-8,21H,1H3. The van der Waals surface area contributed by atoms with Gasteiger partial charge in [-0.1, -0.05) is 34.1 Å². The van der Waals surface area contributed by atoms with Crippen molar-refractivity contribution in [3.63, 3.8) is 0 Å². The van der Waals surface area contributed by atoms with Crippen molar-refractivity contribution >= 4 is 15.9 Å². The van der Waals surface area contributed by atoms with E-state index in [1.807, 2.05) is 0 Å². The first-order valence-electron chi connectivity index (χ1n) is 5.98. The molecule has 0 bridgehead atoms. The summed E-state index contributed by atoms with van der Waals surface area (Å²) < 4.78 is 52.3. The highest BCUT2D eigenvalue weighted by atomic mass is 79.9. The number of hydrogen-bond acceptors (Lipinski definition) is 1. The maximum absolute atomic E-state index is 13.3. The first-order chi connectivity index (χ1) is 9.62. The van der Waals surface area contributed by atoms with E-state index in [0.29, 0.717) is 17.7 Å². The molecule has 0 heterocycles. The van der Waals surface area contributed by atoms with Crippen molar-refractivity contribution in [1.29, 1.82) is 0 Å². The van der Waals surface area contributed by atoms with Gasteiger partial charge < -0.3 is 5.11 Å². The topological polar surface area (TPSA) is 20.2 Å². The lowest BCUT2D eigenvalue weighted by atomic mass is 9.87. The summed E-state index contributed by atoms with van der Waals surface area (Å²) in [4.78, 5) is 0. The van der Waals surface area contributed by atoms with Crippen LogP contribution in [0.4, 0.5) is 17.6 Å². The molecule has 1 atom stereocenters. The van der Waals surface area contributed by atoms with E-state index < -0.39 is 23.2 Å². The van der Waals surface area contributed by atoms with Crippen LogP contribution in [0.25, 0.3) is 0 Å². The highest BCUT2D eigenvalue weighted by molar-refractivity contribution is 9.10. The van der Waals surface area contributed by atoms with Crippen molar-refractivity contribution in [3.8, 4) is 0 Å². The molecular formula is C15H11BrF4O. The van der Waals surface area contributed by atoms with Gasteiger partial charge in [-0.15, -0.1) is 0 Å². The zero-order valence-corrected chi connectivity index (χ0v) is 12.5. The first kappa shape index (κ1) is 16.0. The van der Waals surface area contributed by atoms with E-state index in [4.69, 9.17) is 0 Å². The molecule has 6 heteroatoms. The van der Waals surface area contributed by atoms with Gasteiger partial charge in [0.1, 0.15) is 11.4 Å². The van der Waals surface area contributed by atoms with Crippen molar-refractivity contribution in [2.24, 2.45) is 0 Å². The van der Waals surface area contributed by atoms with Gasteiger partial charge in [-0.25, -0.2) is 4.39 Å². The Balaban J connectivity index is 2.52. The van der Waals surface area contributed by atoms with Crippen molar-refractivity contribution in [2.75, 3.05) is 0 Å². The Hall–Kier alpha value is -1.40. The Kier molecular flexibility index (Phi) is 4.13. The van der Waals surface area contributed by atoms with E-state index in [0.717, 1.165) is 10.5 Å². The van der Waals surface area contributed by atoms with Crippen LogP contribution < -0.4 is 0 Å². The van der Waals surface area contributed by atoms with Crippen molar-refractivity contribution in [3.05, 3.63) is 69.4 Å². The average Bonchev–Trinajstić information content (AvgIpc) is 2.38. The first-order valence-corrected chi connectivity index (χ1v) is 6.77. The Morgan fingerprint density at radius 1 is 0.952 bits per heavy atom. The largest absolute Gasteiger partial charge is 0.419 e. The fraction of sp³-hybridized carbons (Fsp3) is 0.200. The molecule has 2 aromatic rings. The molecule has 0 aliphatic rings. The van der Waals surface area contributed by atoms with Gasteiger partial charge >= 0.3 is 6.18 Å². The lowest BCUT2D eigenvalue weighted by Crippen LogP contribution is -2.24. The average molecular weight is 363 g/mol. The SMILES string of the molecule is CC(O)(c1ccc(Br)cc1)c1ccc(F)c(C(F)(F)F)c1. The predicted molar refractivity (Wildman–Crippen MR) is 74.2 cm³/mol. The van der Waals surface area contributed by atoms with Crippen LogP contribution in [0, 0.1) is 5.82 Å². The summed E-state index contributed by atoms with van der Waals surface area (Å²) >= 11 is 3.24. The van der Waals surface area contributed by atoms with E-state index in [1.54, 1.807) is 24.3 Å². The minimum absolute atomic E-state index is 0.0291. The Labute approximate surface area is 127 Å². The molecule has 0 saturated heterocycles. The molecule has 0 saturated carbocycles. The summed E-state index contributed by atoms with van der Waals surface area (Å²) in [6, 6.07) is 8.99. The molecular weight excluding hydrogens is 352 g/mol. The highest BCUT2D eigenvalue weighted by Crippen LogP contribution is 2.36. The highest BCUT2D eigenvalue weighted by Gasteiger charge is 2.36. The van der Waals surface area contributed by atoms with Gasteiger partial charge in [0.25, 0.3) is 0 Å². The molecule has 2 aromatic carbocycles. The van der Waals surface area contributed by atoms with Crippen molar-refractivity contribution in [2.45, 2.75) is 18.7 Å². The van der Waals surface area contributed by atoms with Crippen molar-refractivity contribution < 1.29 is 22.7 Å².